The summed E-state index contributed by atoms with van der Waals surface area (Å²) in [4.78, 5) is 8.86. The van der Waals surface area contributed by atoms with Crippen molar-refractivity contribution >= 4 is 27.3 Å². The Kier molecular flexibility index (Phi) is 4.67. The zero-order chi connectivity index (χ0) is 17.9. The Morgan fingerprint density at radius 3 is 1.96 bits per heavy atom. The molecular formula is C18H18N4O2S. The summed E-state index contributed by atoms with van der Waals surface area (Å²) in [5.74, 6) is 0.509. The van der Waals surface area contributed by atoms with E-state index in [-0.39, 0.29) is 4.90 Å². The molecule has 0 atom stereocenters. The number of rotatable bonds is 5. The van der Waals surface area contributed by atoms with Crippen LogP contribution in [0, 0.1) is 13.8 Å². The van der Waals surface area contributed by atoms with Crippen molar-refractivity contribution in [3.8, 4) is 0 Å². The molecule has 2 aromatic carbocycles. The fourth-order valence-corrected chi connectivity index (χ4v) is 3.43. The molecule has 128 valence electrons. The van der Waals surface area contributed by atoms with Gasteiger partial charge in [-0.05, 0) is 56.3 Å². The molecule has 0 radical (unpaired) electrons. The second-order valence-corrected chi connectivity index (χ2v) is 7.28. The largest absolute Gasteiger partial charge is 0.324 e. The predicted molar refractivity (Wildman–Crippen MR) is 98.5 cm³/mol. The van der Waals surface area contributed by atoms with Crippen LogP contribution in [0.1, 0.15) is 11.4 Å². The molecule has 0 amide bonds. The molecule has 0 bridgehead atoms. The fraction of sp³-hybridized carbons (Fsp3) is 0.111. The molecule has 1 aromatic heterocycles. The van der Waals surface area contributed by atoms with E-state index in [0.717, 1.165) is 17.1 Å². The van der Waals surface area contributed by atoms with Gasteiger partial charge >= 0.3 is 0 Å². The SMILES string of the molecule is Cc1cc(C)nc(Nc2ccc(NS(=O)(=O)c3ccccc3)cc2)n1. The van der Waals surface area contributed by atoms with Crippen molar-refractivity contribution in [2.75, 3.05) is 10.0 Å². The molecule has 0 fully saturated rings. The van der Waals surface area contributed by atoms with Crippen molar-refractivity contribution in [3.05, 3.63) is 72.1 Å². The molecule has 0 aliphatic carbocycles. The molecule has 25 heavy (non-hydrogen) atoms. The Morgan fingerprint density at radius 1 is 0.800 bits per heavy atom. The summed E-state index contributed by atoms with van der Waals surface area (Å²) in [7, 11) is -3.59. The number of nitrogens with one attached hydrogen (secondary N) is 2. The summed E-state index contributed by atoms with van der Waals surface area (Å²) in [5.41, 5.74) is 3.01. The molecule has 3 rings (SSSR count). The van der Waals surface area contributed by atoms with Crippen LogP contribution >= 0.6 is 0 Å². The van der Waals surface area contributed by atoms with Crippen LogP contribution in [0.25, 0.3) is 0 Å². The van der Waals surface area contributed by atoms with Gasteiger partial charge in [-0.25, -0.2) is 18.4 Å². The van der Waals surface area contributed by atoms with E-state index in [1.165, 1.54) is 0 Å². The summed E-state index contributed by atoms with van der Waals surface area (Å²) in [6.45, 7) is 3.81. The van der Waals surface area contributed by atoms with E-state index < -0.39 is 10.0 Å². The maximum Gasteiger partial charge on any atom is 0.261 e. The molecule has 0 aliphatic rings. The van der Waals surface area contributed by atoms with Crippen LogP contribution in [0.3, 0.4) is 0 Å². The van der Waals surface area contributed by atoms with Crippen LogP contribution in [-0.4, -0.2) is 18.4 Å². The Morgan fingerprint density at radius 2 is 1.36 bits per heavy atom. The highest BCUT2D eigenvalue weighted by Crippen LogP contribution is 2.20. The highest BCUT2D eigenvalue weighted by atomic mass is 32.2. The zero-order valence-electron chi connectivity index (χ0n) is 13.9. The highest BCUT2D eigenvalue weighted by molar-refractivity contribution is 7.92. The van der Waals surface area contributed by atoms with E-state index in [0.29, 0.717) is 11.6 Å². The second-order valence-electron chi connectivity index (χ2n) is 5.60. The minimum absolute atomic E-state index is 0.223. The van der Waals surface area contributed by atoms with Crippen LogP contribution in [0.5, 0.6) is 0 Å². The average Bonchev–Trinajstić information content (AvgIpc) is 2.56. The van der Waals surface area contributed by atoms with Crippen molar-refractivity contribution in [2.45, 2.75) is 18.7 Å². The molecule has 6 nitrogen and oxygen atoms in total. The number of aromatic nitrogens is 2. The van der Waals surface area contributed by atoms with Gasteiger partial charge in [0.15, 0.2) is 0 Å². The van der Waals surface area contributed by atoms with Gasteiger partial charge in [0.05, 0.1) is 4.90 Å². The smallest absolute Gasteiger partial charge is 0.261 e. The van der Waals surface area contributed by atoms with E-state index >= 15 is 0 Å². The van der Waals surface area contributed by atoms with Crippen LogP contribution in [0.2, 0.25) is 0 Å². The summed E-state index contributed by atoms with van der Waals surface area (Å²) in [6, 6.07) is 17.0. The normalized spacial score (nSPS) is 11.1. The lowest BCUT2D eigenvalue weighted by atomic mass is 10.3. The number of hydrogen-bond donors (Lipinski definition) is 2. The predicted octanol–water partition coefficient (Wildman–Crippen LogP) is 3.64. The zero-order valence-corrected chi connectivity index (χ0v) is 14.7. The lowest BCUT2D eigenvalue weighted by molar-refractivity contribution is 0.601. The molecule has 1 heterocycles. The molecule has 7 heteroatoms. The maximum absolute atomic E-state index is 12.3. The number of aryl methyl sites for hydroxylation is 2. The second kappa shape index (κ2) is 6.90. The van der Waals surface area contributed by atoms with Crippen LogP contribution in [0.15, 0.2) is 65.6 Å². The lowest BCUT2D eigenvalue weighted by Crippen LogP contribution is -2.12. The van der Waals surface area contributed by atoms with Gasteiger partial charge in [0.1, 0.15) is 0 Å². The third kappa shape index (κ3) is 4.33. The van der Waals surface area contributed by atoms with Crippen molar-refractivity contribution in [1.82, 2.24) is 9.97 Å². The molecule has 3 aromatic rings. The van der Waals surface area contributed by atoms with Gasteiger partial charge in [0.25, 0.3) is 10.0 Å². The third-order valence-electron chi connectivity index (χ3n) is 3.43. The monoisotopic (exact) mass is 354 g/mol. The Hall–Kier alpha value is -2.93. The van der Waals surface area contributed by atoms with E-state index in [1.807, 2.05) is 19.9 Å². The number of hydrogen-bond acceptors (Lipinski definition) is 5. The van der Waals surface area contributed by atoms with Crippen LogP contribution < -0.4 is 10.0 Å². The maximum atomic E-state index is 12.3. The summed E-state index contributed by atoms with van der Waals surface area (Å²) >= 11 is 0. The highest BCUT2D eigenvalue weighted by Gasteiger charge is 2.13. The van der Waals surface area contributed by atoms with Gasteiger partial charge in [-0.3, -0.25) is 4.72 Å². The van der Waals surface area contributed by atoms with Crippen molar-refractivity contribution < 1.29 is 8.42 Å². The van der Waals surface area contributed by atoms with E-state index in [2.05, 4.69) is 20.0 Å². The van der Waals surface area contributed by atoms with E-state index in [4.69, 9.17) is 0 Å². The van der Waals surface area contributed by atoms with Gasteiger partial charge in [-0.15, -0.1) is 0 Å². The standard InChI is InChI=1S/C18H18N4O2S/c1-13-12-14(2)20-18(19-13)21-15-8-10-16(11-9-15)22-25(23,24)17-6-4-3-5-7-17/h3-12,22H,1-2H3,(H,19,20,21). The van der Waals surface area contributed by atoms with Gasteiger partial charge < -0.3 is 5.32 Å². The number of anilines is 3. The number of benzene rings is 2. The Bertz CT molecular complexity index is 951. The van der Waals surface area contributed by atoms with Crippen LogP contribution in [0.4, 0.5) is 17.3 Å². The van der Waals surface area contributed by atoms with E-state index in [9.17, 15) is 8.42 Å². The van der Waals surface area contributed by atoms with Crippen LogP contribution in [-0.2, 0) is 10.0 Å². The molecule has 0 unspecified atom stereocenters. The number of nitrogens with zero attached hydrogens (tertiary/aromatic N) is 2. The summed E-state index contributed by atoms with van der Waals surface area (Å²) in [6.07, 6.45) is 0. The quantitative estimate of drug-likeness (QED) is 0.731. The van der Waals surface area contributed by atoms with Gasteiger partial charge in [0.2, 0.25) is 5.95 Å². The molecule has 0 saturated heterocycles. The lowest BCUT2D eigenvalue weighted by Gasteiger charge is -2.10. The molecule has 0 saturated carbocycles. The average molecular weight is 354 g/mol. The number of sulfonamides is 1. The fourth-order valence-electron chi connectivity index (χ4n) is 2.35. The summed E-state index contributed by atoms with van der Waals surface area (Å²) < 4.78 is 27.2. The molecule has 0 aliphatic heterocycles. The van der Waals surface area contributed by atoms with Crippen molar-refractivity contribution in [3.63, 3.8) is 0 Å². The molecule has 0 spiro atoms. The summed E-state index contributed by atoms with van der Waals surface area (Å²) in [5, 5.41) is 3.11. The van der Waals surface area contributed by atoms with Crippen molar-refractivity contribution in [2.24, 2.45) is 0 Å². The first kappa shape index (κ1) is 16.9. The Balaban J connectivity index is 1.74. The van der Waals surface area contributed by atoms with Crippen molar-refractivity contribution in [1.29, 1.82) is 0 Å². The van der Waals surface area contributed by atoms with Gasteiger partial charge in [-0.1, -0.05) is 18.2 Å². The van der Waals surface area contributed by atoms with E-state index in [1.54, 1.807) is 54.6 Å². The third-order valence-corrected chi connectivity index (χ3v) is 4.83. The first-order valence-corrected chi connectivity index (χ1v) is 9.18. The molecule has 2 N–H and O–H groups in total. The molecular weight excluding hydrogens is 336 g/mol. The minimum Gasteiger partial charge on any atom is -0.324 e. The van der Waals surface area contributed by atoms with Gasteiger partial charge in [0, 0.05) is 22.8 Å². The van der Waals surface area contributed by atoms with Gasteiger partial charge in [-0.2, -0.15) is 0 Å². The minimum atomic E-state index is -3.59. The first-order chi connectivity index (χ1) is 11.9. The first-order valence-electron chi connectivity index (χ1n) is 7.70. The Labute approximate surface area is 147 Å². The topological polar surface area (TPSA) is 84.0 Å².